The molecular weight excluding hydrogens is 230 g/mol. The molecule has 0 saturated heterocycles. The molecule has 0 aromatic rings. The van der Waals surface area contributed by atoms with E-state index in [-0.39, 0.29) is 11.8 Å². The fourth-order valence-corrected chi connectivity index (χ4v) is 4.34. The van der Waals surface area contributed by atoms with Crippen LogP contribution in [-0.2, 0) is 9.84 Å². The molecule has 0 amide bonds. The Bertz CT molecular complexity index is 271. The Morgan fingerprint density at radius 2 is 2.00 bits per heavy atom. The Hall–Kier alpha value is 0.260. The third-order valence-electron chi connectivity index (χ3n) is 2.91. The number of thioether (sulfide) groups is 1. The van der Waals surface area contributed by atoms with Crippen LogP contribution in [0.25, 0.3) is 0 Å². The SMILES string of the molecule is CS(=O)(=O)CCSCC(N)C1CCCC1. The van der Waals surface area contributed by atoms with Crippen LogP contribution < -0.4 is 5.73 Å². The van der Waals surface area contributed by atoms with Gasteiger partial charge >= 0.3 is 0 Å². The van der Waals surface area contributed by atoms with Crippen molar-refractivity contribution >= 4 is 21.6 Å². The lowest BCUT2D eigenvalue weighted by Crippen LogP contribution is -2.31. The molecule has 0 aromatic carbocycles. The Labute approximate surface area is 97.1 Å². The molecule has 1 unspecified atom stereocenters. The van der Waals surface area contributed by atoms with Crippen LogP contribution in [0.5, 0.6) is 0 Å². The summed E-state index contributed by atoms with van der Waals surface area (Å²) in [5, 5.41) is 0. The second kappa shape index (κ2) is 6.11. The molecule has 1 aliphatic rings. The van der Waals surface area contributed by atoms with Gasteiger partial charge < -0.3 is 5.73 Å². The molecular formula is C10H21NO2S2. The van der Waals surface area contributed by atoms with E-state index in [0.29, 0.717) is 11.7 Å². The van der Waals surface area contributed by atoms with E-state index in [0.717, 1.165) is 5.75 Å². The van der Waals surface area contributed by atoms with E-state index in [4.69, 9.17) is 5.73 Å². The van der Waals surface area contributed by atoms with Crippen LogP contribution in [0.15, 0.2) is 0 Å². The first-order valence-electron chi connectivity index (χ1n) is 5.50. The average molecular weight is 251 g/mol. The van der Waals surface area contributed by atoms with Crippen molar-refractivity contribution in [3.05, 3.63) is 0 Å². The predicted molar refractivity (Wildman–Crippen MR) is 67.0 cm³/mol. The average Bonchev–Trinajstić information content (AvgIpc) is 2.63. The topological polar surface area (TPSA) is 60.2 Å². The van der Waals surface area contributed by atoms with Gasteiger partial charge in [-0.2, -0.15) is 11.8 Å². The molecule has 1 rings (SSSR count). The minimum atomic E-state index is -2.80. The van der Waals surface area contributed by atoms with Crippen molar-refractivity contribution in [2.45, 2.75) is 31.7 Å². The van der Waals surface area contributed by atoms with Gasteiger partial charge in [-0.15, -0.1) is 0 Å². The molecule has 0 aliphatic heterocycles. The van der Waals surface area contributed by atoms with Crippen molar-refractivity contribution in [2.24, 2.45) is 11.7 Å². The van der Waals surface area contributed by atoms with Crippen LogP contribution in [0.2, 0.25) is 0 Å². The van der Waals surface area contributed by atoms with Crippen molar-refractivity contribution in [3.63, 3.8) is 0 Å². The van der Waals surface area contributed by atoms with Crippen LogP contribution in [0.1, 0.15) is 25.7 Å². The maximum Gasteiger partial charge on any atom is 0.148 e. The molecule has 1 saturated carbocycles. The van der Waals surface area contributed by atoms with Crippen molar-refractivity contribution in [1.82, 2.24) is 0 Å². The van der Waals surface area contributed by atoms with Crippen molar-refractivity contribution < 1.29 is 8.42 Å². The maximum atomic E-state index is 10.9. The predicted octanol–water partition coefficient (Wildman–Crippen LogP) is 1.28. The zero-order valence-electron chi connectivity index (χ0n) is 9.31. The first-order valence-corrected chi connectivity index (χ1v) is 8.71. The van der Waals surface area contributed by atoms with Gasteiger partial charge in [0, 0.05) is 23.8 Å². The van der Waals surface area contributed by atoms with Crippen molar-refractivity contribution in [2.75, 3.05) is 23.5 Å². The van der Waals surface area contributed by atoms with Crippen molar-refractivity contribution in [3.8, 4) is 0 Å². The summed E-state index contributed by atoms with van der Waals surface area (Å²) in [4.78, 5) is 0. The summed E-state index contributed by atoms with van der Waals surface area (Å²) < 4.78 is 21.8. The summed E-state index contributed by atoms with van der Waals surface area (Å²) in [5.41, 5.74) is 6.06. The molecule has 0 radical (unpaired) electrons. The molecule has 0 heterocycles. The summed E-state index contributed by atoms with van der Waals surface area (Å²) in [7, 11) is -2.80. The molecule has 90 valence electrons. The number of sulfone groups is 1. The fourth-order valence-electron chi connectivity index (χ4n) is 1.95. The normalized spacial score (nSPS) is 20.7. The van der Waals surface area contributed by atoms with E-state index in [2.05, 4.69) is 0 Å². The lowest BCUT2D eigenvalue weighted by atomic mass is 10.0. The summed E-state index contributed by atoms with van der Waals surface area (Å²) in [6, 6.07) is 0.261. The van der Waals surface area contributed by atoms with Crippen LogP contribution in [0.4, 0.5) is 0 Å². The smallest absolute Gasteiger partial charge is 0.148 e. The Morgan fingerprint density at radius 3 is 2.53 bits per heavy atom. The van der Waals surface area contributed by atoms with Gasteiger partial charge in [0.05, 0.1) is 5.75 Å². The molecule has 0 spiro atoms. The molecule has 2 N–H and O–H groups in total. The van der Waals surface area contributed by atoms with Gasteiger partial charge in [0.2, 0.25) is 0 Å². The lowest BCUT2D eigenvalue weighted by molar-refractivity contribution is 0.463. The van der Waals surface area contributed by atoms with Gasteiger partial charge in [-0.1, -0.05) is 12.8 Å². The van der Waals surface area contributed by atoms with Crippen LogP contribution in [0, 0.1) is 5.92 Å². The van der Waals surface area contributed by atoms with Gasteiger partial charge in [0.15, 0.2) is 0 Å². The standard InChI is InChI=1S/C10H21NO2S2/c1-15(12,13)7-6-14-8-10(11)9-4-2-3-5-9/h9-10H,2-8,11H2,1H3. The number of nitrogens with two attached hydrogens (primary N) is 1. The molecule has 1 atom stereocenters. The maximum absolute atomic E-state index is 10.9. The first-order chi connectivity index (χ1) is 6.99. The zero-order chi connectivity index (χ0) is 11.3. The highest BCUT2D eigenvalue weighted by Gasteiger charge is 2.21. The Balaban J connectivity index is 2.09. The van der Waals surface area contributed by atoms with Gasteiger partial charge in [0.1, 0.15) is 9.84 Å². The van der Waals surface area contributed by atoms with Crippen LogP contribution >= 0.6 is 11.8 Å². The monoisotopic (exact) mass is 251 g/mol. The summed E-state index contributed by atoms with van der Waals surface area (Å²) in [5.74, 6) is 2.53. The highest BCUT2D eigenvalue weighted by Crippen LogP contribution is 2.28. The third kappa shape index (κ3) is 5.78. The highest BCUT2D eigenvalue weighted by molar-refractivity contribution is 8.00. The van der Waals surface area contributed by atoms with E-state index in [1.54, 1.807) is 11.8 Å². The number of hydrogen-bond acceptors (Lipinski definition) is 4. The van der Waals surface area contributed by atoms with Crippen LogP contribution in [-0.4, -0.2) is 38.0 Å². The first kappa shape index (κ1) is 13.3. The van der Waals surface area contributed by atoms with E-state index in [1.807, 2.05) is 0 Å². The largest absolute Gasteiger partial charge is 0.327 e. The Kier molecular flexibility index (Phi) is 5.43. The highest BCUT2D eigenvalue weighted by atomic mass is 32.2. The molecule has 0 bridgehead atoms. The second-order valence-electron chi connectivity index (χ2n) is 4.41. The minimum absolute atomic E-state index is 0.261. The Morgan fingerprint density at radius 1 is 1.40 bits per heavy atom. The molecule has 0 aromatic heterocycles. The van der Waals surface area contributed by atoms with E-state index in [9.17, 15) is 8.42 Å². The zero-order valence-corrected chi connectivity index (χ0v) is 10.9. The van der Waals surface area contributed by atoms with E-state index < -0.39 is 9.84 Å². The quantitative estimate of drug-likeness (QED) is 0.723. The summed E-state index contributed by atoms with van der Waals surface area (Å²) in [6.07, 6.45) is 6.42. The second-order valence-corrected chi connectivity index (χ2v) is 7.82. The van der Waals surface area contributed by atoms with Gasteiger partial charge in [-0.05, 0) is 18.8 Å². The molecule has 1 fully saturated rings. The van der Waals surface area contributed by atoms with E-state index >= 15 is 0 Å². The number of hydrogen-bond donors (Lipinski definition) is 1. The summed E-state index contributed by atoms with van der Waals surface area (Å²) in [6.45, 7) is 0. The molecule has 3 nitrogen and oxygen atoms in total. The number of rotatable bonds is 6. The lowest BCUT2D eigenvalue weighted by Gasteiger charge is -2.17. The van der Waals surface area contributed by atoms with Gasteiger partial charge in [-0.25, -0.2) is 8.42 Å². The third-order valence-corrected chi connectivity index (χ3v) is 5.23. The minimum Gasteiger partial charge on any atom is -0.327 e. The van der Waals surface area contributed by atoms with Gasteiger partial charge in [-0.3, -0.25) is 0 Å². The van der Waals surface area contributed by atoms with Crippen LogP contribution in [0.3, 0.4) is 0 Å². The van der Waals surface area contributed by atoms with Gasteiger partial charge in [0.25, 0.3) is 0 Å². The molecule has 5 heteroatoms. The summed E-state index contributed by atoms with van der Waals surface area (Å²) >= 11 is 1.67. The molecule has 15 heavy (non-hydrogen) atoms. The fraction of sp³-hybridized carbons (Fsp3) is 1.00. The van der Waals surface area contributed by atoms with E-state index in [1.165, 1.54) is 31.9 Å². The molecule has 1 aliphatic carbocycles. The van der Waals surface area contributed by atoms with Crippen molar-refractivity contribution in [1.29, 1.82) is 0 Å².